The van der Waals surface area contributed by atoms with Crippen LogP contribution in [-0.4, -0.2) is 11.1 Å². The Morgan fingerprint density at radius 2 is 1.55 bits per heavy atom. The van der Waals surface area contributed by atoms with Crippen LogP contribution in [0.25, 0.3) is 0 Å². The van der Waals surface area contributed by atoms with Gasteiger partial charge >= 0.3 is 5.97 Å². The van der Waals surface area contributed by atoms with Gasteiger partial charge in [-0.3, -0.25) is 0 Å². The molecule has 0 unspecified atom stereocenters. The molecule has 2 rings (SSSR count). The van der Waals surface area contributed by atoms with Crippen LogP contribution in [0, 0.1) is 13.8 Å². The fourth-order valence-electron chi connectivity index (χ4n) is 2.29. The SMILES string of the molecule is Cc1c(Oc2ccc(C(C)(C)C)cc2)ccc(C(=O)O)c1C. The molecule has 3 heteroatoms. The summed E-state index contributed by atoms with van der Waals surface area (Å²) in [6.07, 6.45) is 0. The van der Waals surface area contributed by atoms with Crippen LogP contribution in [0.1, 0.15) is 47.8 Å². The number of carboxylic acid groups (broad SMARTS) is 1. The highest BCUT2D eigenvalue weighted by molar-refractivity contribution is 5.90. The van der Waals surface area contributed by atoms with Gasteiger partial charge in [0.05, 0.1) is 5.56 Å². The molecule has 0 amide bonds. The summed E-state index contributed by atoms with van der Waals surface area (Å²) in [5.74, 6) is 0.520. The third kappa shape index (κ3) is 3.30. The van der Waals surface area contributed by atoms with Gasteiger partial charge in [0.25, 0.3) is 0 Å². The van der Waals surface area contributed by atoms with Crippen molar-refractivity contribution in [1.29, 1.82) is 0 Å². The molecule has 22 heavy (non-hydrogen) atoms. The maximum atomic E-state index is 11.1. The Morgan fingerprint density at radius 1 is 0.955 bits per heavy atom. The summed E-state index contributed by atoms with van der Waals surface area (Å²) >= 11 is 0. The lowest BCUT2D eigenvalue weighted by Crippen LogP contribution is -2.10. The van der Waals surface area contributed by atoms with Crippen LogP contribution in [0.5, 0.6) is 11.5 Å². The Balaban J connectivity index is 2.28. The molecule has 0 radical (unpaired) electrons. The number of hydrogen-bond donors (Lipinski definition) is 1. The molecule has 0 aliphatic heterocycles. The van der Waals surface area contributed by atoms with E-state index in [9.17, 15) is 4.79 Å². The smallest absolute Gasteiger partial charge is 0.335 e. The van der Waals surface area contributed by atoms with Crippen LogP contribution in [0.4, 0.5) is 0 Å². The number of carbonyl (C=O) groups is 1. The van der Waals surface area contributed by atoms with Crippen molar-refractivity contribution in [2.45, 2.75) is 40.0 Å². The summed E-state index contributed by atoms with van der Waals surface area (Å²) in [7, 11) is 0. The van der Waals surface area contributed by atoms with Crippen molar-refractivity contribution in [3.8, 4) is 11.5 Å². The fraction of sp³-hybridized carbons (Fsp3) is 0.316. The van der Waals surface area contributed by atoms with Crippen molar-refractivity contribution < 1.29 is 14.6 Å². The average molecular weight is 298 g/mol. The zero-order valence-electron chi connectivity index (χ0n) is 13.7. The largest absolute Gasteiger partial charge is 0.478 e. The monoisotopic (exact) mass is 298 g/mol. The highest BCUT2D eigenvalue weighted by atomic mass is 16.5. The van der Waals surface area contributed by atoms with Crippen molar-refractivity contribution in [2.75, 3.05) is 0 Å². The molecule has 0 atom stereocenters. The third-order valence-corrected chi connectivity index (χ3v) is 3.92. The first-order chi connectivity index (χ1) is 10.2. The van der Waals surface area contributed by atoms with Gasteiger partial charge in [-0.2, -0.15) is 0 Å². The van der Waals surface area contributed by atoms with Crippen LogP contribution in [0.2, 0.25) is 0 Å². The quantitative estimate of drug-likeness (QED) is 0.858. The molecular weight excluding hydrogens is 276 g/mol. The second kappa shape index (κ2) is 5.84. The minimum absolute atomic E-state index is 0.105. The van der Waals surface area contributed by atoms with Gasteiger partial charge in [0.1, 0.15) is 11.5 Å². The van der Waals surface area contributed by atoms with E-state index in [4.69, 9.17) is 9.84 Å². The van der Waals surface area contributed by atoms with Crippen molar-refractivity contribution in [3.63, 3.8) is 0 Å². The summed E-state index contributed by atoms with van der Waals surface area (Å²) in [6.45, 7) is 10.2. The molecule has 0 aromatic heterocycles. The summed E-state index contributed by atoms with van der Waals surface area (Å²) in [5.41, 5.74) is 3.24. The van der Waals surface area contributed by atoms with Gasteiger partial charge in [0.2, 0.25) is 0 Å². The lowest BCUT2D eigenvalue weighted by molar-refractivity contribution is 0.0696. The van der Waals surface area contributed by atoms with E-state index in [-0.39, 0.29) is 5.41 Å². The van der Waals surface area contributed by atoms with Crippen LogP contribution in [0.3, 0.4) is 0 Å². The first kappa shape index (κ1) is 16.1. The number of hydrogen-bond acceptors (Lipinski definition) is 2. The van der Waals surface area contributed by atoms with Gasteiger partial charge in [0, 0.05) is 0 Å². The molecule has 0 heterocycles. The normalized spacial score (nSPS) is 11.3. The third-order valence-electron chi connectivity index (χ3n) is 3.92. The first-order valence-corrected chi connectivity index (χ1v) is 7.32. The van der Waals surface area contributed by atoms with Crippen molar-refractivity contribution in [2.24, 2.45) is 0 Å². The van der Waals surface area contributed by atoms with Gasteiger partial charge < -0.3 is 9.84 Å². The van der Waals surface area contributed by atoms with Gasteiger partial charge in [-0.15, -0.1) is 0 Å². The van der Waals surface area contributed by atoms with E-state index in [0.717, 1.165) is 16.9 Å². The molecule has 0 saturated heterocycles. The maximum absolute atomic E-state index is 11.1. The van der Waals surface area contributed by atoms with Crippen molar-refractivity contribution in [3.05, 3.63) is 58.7 Å². The zero-order chi connectivity index (χ0) is 16.5. The summed E-state index contributed by atoms with van der Waals surface area (Å²) in [4.78, 5) is 11.1. The number of ether oxygens (including phenoxy) is 1. The molecule has 3 nitrogen and oxygen atoms in total. The second-order valence-corrected chi connectivity index (χ2v) is 6.54. The van der Waals surface area contributed by atoms with Crippen molar-refractivity contribution in [1.82, 2.24) is 0 Å². The summed E-state index contributed by atoms with van der Waals surface area (Å²) in [6, 6.07) is 11.3. The minimum Gasteiger partial charge on any atom is -0.478 e. The van der Waals surface area contributed by atoms with E-state index in [1.54, 1.807) is 19.1 Å². The van der Waals surface area contributed by atoms with E-state index >= 15 is 0 Å². The Bertz CT molecular complexity index is 692. The Kier molecular flexibility index (Phi) is 4.27. The molecule has 0 fully saturated rings. The van der Waals surface area contributed by atoms with E-state index in [1.165, 1.54) is 5.56 Å². The molecule has 0 bridgehead atoms. The molecule has 0 saturated carbocycles. The Labute approximate surface area is 131 Å². The van der Waals surface area contributed by atoms with Crippen molar-refractivity contribution >= 4 is 5.97 Å². The molecule has 0 spiro atoms. The second-order valence-electron chi connectivity index (χ2n) is 6.54. The number of carboxylic acids is 1. The standard InChI is InChI=1S/C19H22O3/c1-12-13(2)17(11-10-16(12)18(20)21)22-15-8-6-14(7-9-15)19(3,4)5/h6-11H,1-5H3,(H,20,21). The summed E-state index contributed by atoms with van der Waals surface area (Å²) < 4.78 is 5.90. The zero-order valence-corrected chi connectivity index (χ0v) is 13.7. The van der Waals surface area contributed by atoms with E-state index < -0.39 is 5.97 Å². The maximum Gasteiger partial charge on any atom is 0.335 e. The molecule has 1 N–H and O–H groups in total. The summed E-state index contributed by atoms with van der Waals surface area (Å²) in [5, 5.41) is 9.14. The fourth-order valence-corrected chi connectivity index (χ4v) is 2.29. The van der Waals surface area contributed by atoms with Crippen LogP contribution >= 0.6 is 0 Å². The molecule has 0 aliphatic rings. The van der Waals surface area contributed by atoms with E-state index in [2.05, 4.69) is 32.9 Å². The van der Waals surface area contributed by atoms with Crippen LogP contribution in [0.15, 0.2) is 36.4 Å². The highest BCUT2D eigenvalue weighted by Gasteiger charge is 2.15. The van der Waals surface area contributed by atoms with Gasteiger partial charge in [-0.1, -0.05) is 32.9 Å². The lowest BCUT2D eigenvalue weighted by Gasteiger charge is -2.19. The number of benzene rings is 2. The minimum atomic E-state index is -0.915. The van der Waals surface area contributed by atoms with Gasteiger partial charge in [0.15, 0.2) is 0 Å². The predicted molar refractivity (Wildman–Crippen MR) is 88.1 cm³/mol. The van der Waals surface area contributed by atoms with E-state index in [1.807, 2.05) is 19.1 Å². The highest BCUT2D eigenvalue weighted by Crippen LogP contribution is 2.30. The number of rotatable bonds is 3. The van der Waals surface area contributed by atoms with Gasteiger partial charge in [-0.05, 0) is 60.2 Å². The predicted octanol–water partition coefficient (Wildman–Crippen LogP) is 5.09. The molecule has 116 valence electrons. The lowest BCUT2D eigenvalue weighted by atomic mass is 9.87. The first-order valence-electron chi connectivity index (χ1n) is 7.32. The molecule has 2 aromatic carbocycles. The van der Waals surface area contributed by atoms with E-state index in [0.29, 0.717) is 11.3 Å². The van der Waals surface area contributed by atoms with Crippen LogP contribution in [-0.2, 0) is 5.41 Å². The average Bonchev–Trinajstić information content (AvgIpc) is 2.43. The van der Waals surface area contributed by atoms with Gasteiger partial charge in [-0.25, -0.2) is 4.79 Å². The molecule has 2 aromatic rings. The Hall–Kier alpha value is -2.29. The topological polar surface area (TPSA) is 46.5 Å². The molecular formula is C19H22O3. The number of aromatic carboxylic acids is 1. The van der Waals surface area contributed by atoms with Crippen LogP contribution < -0.4 is 4.74 Å². The Morgan fingerprint density at radius 3 is 2.05 bits per heavy atom. The molecule has 0 aliphatic carbocycles.